The predicted octanol–water partition coefficient (Wildman–Crippen LogP) is 14.3. The molecular weight excluding hydrogens is 992 g/mol. The molecule has 0 aliphatic heterocycles. The van der Waals surface area contributed by atoms with Crippen molar-refractivity contribution in [2.24, 2.45) is 28.6 Å². The number of hydrogen-bond donors (Lipinski definition) is 2. The second-order valence-electron chi connectivity index (χ2n) is 23.9. The van der Waals surface area contributed by atoms with Crippen LogP contribution in [0.5, 0.6) is 0 Å². The number of allylic oxidation sites excluding steroid dienone is 8. The average molecular weight is 1100 g/mol. The molecule has 0 aromatic carbocycles. The number of ether oxygens (including phenoxy) is 4. The monoisotopic (exact) mass is 1090 g/mol. The molecule has 0 aromatic heterocycles. The summed E-state index contributed by atoms with van der Waals surface area (Å²) < 4.78 is 39.5. The van der Waals surface area contributed by atoms with E-state index in [-0.39, 0.29) is 31.7 Å². The summed E-state index contributed by atoms with van der Waals surface area (Å²) in [6.45, 7) is 8.13. The number of aliphatic hydroxyl groups is 2. The van der Waals surface area contributed by atoms with Gasteiger partial charge in [0.2, 0.25) is 5.78 Å². The number of Topliss-reactive ketones (excluding diaryl/α,β-unsaturated/α-hetero) is 1. The smallest absolute Gasteiger partial charge is 0.306 e. The molecule has 3 fully saturated rings. The van der Waals surface area contributed by atoms with Gasteiger partial charge in [0.05, 0.1) is 18.9 Å². The summed E-state index contributed by atoms with van der Waals surface area (Å²) in [5.74, 6) is -5.42. The maximum absolute atomic E-state index is 17.6. The average Bonchev–Trinajstić information content (AvgIpc) is 3.71. The van der Waals surface area contributed by atoms with Crippen LogP contribution in [0.1, 0.15) is 253 Å². The summed E-state index contributed by atoms with van der Waals surface area (Å²) in [6.07, 6.45) is 40.8. The standard InChI is InChI=1S/C65H103FO12/c1-6-8-10-12-14-16-18-20-22-24-26-28-30-32-34-36-58(70)75-47-53(78-61(73)37-35-33-31-29-27-25-23-21-19-17-15-13-11-9-7-2)48-76-59(71)40-41-60(72)77-49-57(69)65(74)50(3)44-55-54-39-38-51-45-52(67)42-43-62(51,4)64(54,66)56(68)46-63(55,65)5/h20-23,42-43,45,50,53-56,68,74H,6-19,24-41,44,46-49H2,1-5H3/b22-20-,23-21-/t50-,53?,54?,55?,56?,62?,63?,64+,65+/m1/s1. The van der Waals surface area contributed by atoms with Crippen molar-refractivity contribution >= 4 is 35.4 Å². The maximum atomic E-state index is 17.6. The van der Waals surface area contributed by atoms with E-state index in [1.165, 1.54) is 89.2 Å². The number of esters is 4. The highest BCUT2D eigenvalue weighted by molar-refractivity contribution is 6.01. The van der Waals surface area contributed by atoms with Gasteiger partial charge in [-0.05, 0) is 121 Å². The van der Waals surface area contributed by atoms with Gasteiger partial charge in [-0.2, -0.15) is 0 Å². The Morgan fingerprint density at radius 2 is 1.09 bits per heavy atom. The normalized spacial score (nSPS) is 26.8. The fraction of sp³-hybridized carbons (Fsp3) is 0.785. The van der Waals surface area contributed by atoms with Crippen molar-refractivity contribution in [3.05, 3.63) is 48.1 Å². The van der Waals surface area contributed by atoms with E-state index in [0.29, 0.717) is 37.7 Å². The van der Waals surface area contributed by atoms with Crippen LogP contribution in [0.4, 0.5) is 4.39 Å². The SMILES string of the molecule is CCCCCCCC/C=C\CCCCCCCC(=O)OCC(COC(=O)CCC(=O)OCC(=O)[C@@]1(O)[C@H](C)CC2C3CCC4=CC(=O)C=CC4(C)[C@@]3(F)C(O)CC21C)OC(=O)CCCCCCC/C=C\CCCCCCCC. The zero-order chi connectivity index (χ0) is 56.9. The minimum Gasteiger partial charge on any atom is -0.462 e. The van der Waals surface area contributed by atoms with E-state index in [2.05, 4.69) is 38.2 Å². The van der Waals surface area contributed by atoms with Gasteiger partial charge in [0.1, 0.15) is 18.8 Å². The Hall–Kier alpha value is -3.97. The number of carbonyl (C=O) groups excluding carboxylic acids is 6. The largest absolute Gasteiger partial charge is 0.462 e. The molecule has 4 rings (SSSR count). The first-order valence-electron chi connectivity index (χ1n) is 31.0. The summed E-state index contributed by atoms with van der Waals surface area (Å²) in [4.78, 5) is 77.9. The Bertz CT molecular complexity index is 1990. The molecule has 4 aliphatic carbocycles. The lowest BCUT2D eigenvalue weighted by molar-refractivity contribution is -0.220. The summed E-state index contributed by atoms with van der Waals surface area (Å²) in [6, 6.07) is 0. The van der Waals surface area contributed by atoms with Crippen LogP contribution in [0.2, 0.25) is 0 Å². The third-order valence-corrected chi connectivity index (χ3v) is 18.0. The zero-order valence-electron chi connectivity index (χ0n) is 48.9. The van der Waals surface area contributed by atoms with Crippen molar-refractivity contribution in [2.45, 2.75) is 276 Å². The van der Waals surface area contributed by atoms with Gasteiger partial charge in [0.25, 0.3) is 0 Å². The van der Waals surface area contributed by atoms with Crippen LogP contribution >= 0.6 is 0 Å². The topological polar surface area (TPSA) is 180 Å². The van der Waals surface area contributed by atoms with E-state index in [9.17, 15) is 39.0 Å². The number of ketones is 2. The Labute approximate surface area is 468 Å². The van der Waals surface area contributed by atoms with Crippen LogP contribution in [0.25, 0.3) is 0 Å². The van der Waals surface area contributed by atoms with Gasteiger partial charge < -0.3 is 29.2 Å². The fourth-order valence-corrected chi connectivity index (χ4v) is 13.2. The predicted molar refractivity (Wildman–Crippen MR) is 304 cm³/mol. The van der Waals surface area contributed by atoms with Crippen molar-refractivity contribution < 1.29 is 62.3 Å². The van der Waals surface area contributed by atoms with Crippen molar-refractivity contribution in [3.63, 3.8) is 0 Å². The van der Waals surface area contributed by atoms with Crippen molar-refractivity contribution in [2.75, 3.05) is 19.8 Å². The van der Waals surface area contributed by atoms with Gasteiger partial charge in [-0.1, -0.05) is 166 Å². The molecule has 0 heterocycles. The Balaban J connectivity index is 1.19. The molecular formula is C65H103FO12. The molecule has 0 radical (unpaired) electrons. The summed E-state index contributed by atoms with van der Waals surface area (Å²) >= 11 is 0. The zero-order valence-corrected chi connectivity index (χ0v) is 48.9. The van der Waals surface area contributed by atoms with Crippen LogP contribution in [-0.2, 0) is 47.7 Å². The third-order valence-electron chi connectivity index (χ3n) is 18.0. The molecule has 4 aliphatic rings. The molecule has 442 valence electrons. The number of fused-ring (bicyclic) bond motifs is 5. The summed E-state index contributed by atoms with van der Waals surface area (Å²) in [5.41, 5.74) is -6.01. The van der Waals surface area contributed by atoms with Gasteiger partial charge in [-0.25, -0.2) is 4.39 Å². The third kappa shape index (κ3) is 19.6. The maximum Gasteiger partial charge on any atom is 0.306 e. The van der Waals surface area contributed by atoms with Gasteiger partial charge in [-0.3, -0.25) is 28.8 Å². The molecule has 12 nitrogen and oxygen atoms in total. The number of unbranched alkanes of at least 4 members (excludes halogenated alkanes) is 22. The van der Waals surface area contributed by atoms with Crippen LogP contribution in [0.3, 0.4) is 0 Å². The molecule has 0 amide bonds. The van der Waals surface area contributed by atoms with Gasteiger partial charge >= 0.3 is 23.9 Å². The number of alkyl halides is 1. The van der Waals surface area contributed by atoms with Gasteiger partial charge in [0.15, 0.2) is 24.2 Å². The highest BCUT2D eigenvalue weighted by Gasteiger charge is 2.75. The number of hydrogen-bond acceptors (Lipinski definition) is 12. The molecule has 13 heteroatoms. The minimum atomic E-state index is -2.13. The second-order valence-corrected chi connectivity index (χ2v) is 23.9. The Morgan fingerprint density at radius 1 is 0.641 bits per heavy atom. The molecule has 78 heavy (non-hydrogen) atoms. The van der Waals surface area contributed by atoms with E-state index >= 15 is 4.39 Å². The molecule has 6 unspecified atom stereocenters. The first-order chi connectivity index (χ1) is 37.5. The van der Waals surface area contributed by atoms with Gasteiger partial charge in [0, 0.05) is 29.6 Å². The van der Waals surface area contributed by atoms with Crippen LogP contribution in [0.15, 0.2) is 48.1 Å². The lowest BCUT2D eigenvalue weighted by Crippen LogP contribution is -2.69. The first kappa shape index (κ1) is 66.5. The highest BCUT2D eigenvalue weighted by Crippen LogP contribution is 2.70. The fourth-order valence-electron chi connectivity index (χ4n) is 13.2. The van der Waals surface area contributed by atoms with E-state index in [4.69, 9.17) is 18.9 Å². The van der Waals surface area contributed by atoms with E-state index in [1.54, 1.807) is 26.8 Å². The molecule has 0 spiro atoms. The van der Waals surface area contributed by atoms with Crippen molar-refractivity contribution in [3.8, 4) is 0 Å². The molecule has 0 bridgehead atoms. The molecule has 9 atom stereocenters. The molecule has 0 aromatic rings. The quantitative estimate of drug-likeness (QED) is 0.0256. The highest BCUT2D eigenvalue weighted by atomic mass is 19.1. The van der Waals surface area contributed by atoms with Crippen LogP contribution in [0, 0.1) is 28.6 Å². The number of halogens is 1. The summed E-state index contributed by atoms with van der Waals surface area (Å²) in [7, 11) is 0. The van der Waals surface area contributed by atoms with E-state index in [0.717, 1.165) is 77.0 Å². The van der Waals surface area contributed by atoms with E-state index in [1.807, 2.05) is 0 Å². The Kier molecular flexibility index (Phi) is 29.9. The first-order valence-corrected chi connectivity index (χ1v) is 31.0. The molecule has 0 saturated heterocycles. The molecule has 2 N–H and O–H groups in total. The van der Waals surface area contributed by atoms with Gasteiger partial charge in [-0.15, -0.1) is 0 Å². The minimum absolute atomic E-state index is 0.167. The lowest BCUT2D eigenvalue weighted by atomic mass is 9.44. The Morgan fingerprint density at radius 3 is 1.60 bits per heavy atom. The van der Waals surface area contributed by atoms with Crippen molar-refractivity contribution in [1.29, 1.82) is 0 Å². The van der Waals surface area contributed by atoms with Crippen molar-refractivity contribution in [1.82, 2.24) is 0 Å². The lowest BCUT2D eigenvalue weighted by Gasteiger charge is -2.62. The molecule has 3 saturated carbocycles. The number of aliphatic hydroxyl groups excluding tert-OH is 1. The number of carbonyl (C=O) groups is 6. The van der Waals surface area contributed by atoms with E-state index < -0.39 is 108 Å². The number of rotatable bonds is 41. The summed E-state index contributed by atoms with van der Waals surface area (Å²) in [5, 5.41) is 24.0. The van der Waals surface area contributed by atoms with Crippen LogP contribution < -0.4 is 0 Å². The van der Waals surface area contributed by atoms with Crippen LogP contribution in [-0.4, -0.2) is 89.0 Å². The second kappa shape index (κ2) is 35.0.